The molecule has 0 spiro atoms. The zero-order valence-electron chi connectivity index (χ0n) is 8.68. The Morgan fingerprint density at radius 1 is 1.47 bits per heavy atom. The van der Waals surface area contributed by atoms with Crippen LogP contribution in [0.3, 0.4) is 0 Å². The minimum Gasteiger partial charge on any atom is -0.479 e. The van der Waals surface area contributed by atoms with Crippen LogP contribution < -0.4 is 4.74 Å². The van der Waals surface area contributed by atoms with Crippen molar-refractivity contribution >= 4 is 33.2 Å². The van der Waals surface area contributed by atoms with Crippen LogP contribution in [-0.4, -0.2) is 28.4 Å². The second kappa shape index (κ2) is 4.80. The van der Waals surface area contributed by atoms with Crippen molar-refractivity contribution in [2.45, 2.75) is 0 Å². The number of carboxylic acids is 1. The van der Waals surface area contributed by atoms with Gasteiger partial charge in [-0.3, -0.25) is 0 Å². The Hall–Kier alpha value is -1.47. The average Bonchev–Trinajstić information content (AvgIpc) is 2.75. The summed E-state index contributed by atoms with van der Waals surface area (Å²) in [6.45, 7) is 0. The van der Waals surface area contributed by atoms with E-state index in [1.54, 1.807) is 0 Å². The lowest BCUT2D eigenvalue weighted by atomic mass is 10.2. The van der Waals surface area contributed by atoms with Gasteiger partial charge in [0.1, 0.15) is 11.3 Å². The zero-order valence-corrected chi connectivity index (χ0v) is 11.1. The number of hydrogen-bond donors (Lipinski definition) is 1. The van der Waals surface area contributed by atoms with E-state index in [9.17, 15) is 4.79 Å². The topological polar surface area (TPSA) is 72.3 Å². The molecule has 0 saturated heterocycles. The van der Waals surface area contributed by atoms with Crippen LogP contribution in [0.5, 0.6) is 5.88 Å². The third kappa shape index (κ3) is 2.45. The zero-order chi connectivity index (χ0) is 12.4. The highest BCUT2D eigenvalue weighted by Crippen LogP contribution is 2.31. The third-order valence-corrected chi connectivity index (χ3v) is 3.66. The smallest absolute Gasteiger partial charge is 0.341 e. The number of hydrogen-bond acceptors (Lipinski definition) is 5. The van der Waals surface area contributed by atoms with Crippen molar-refractivity contribution < 1.29 is 14.6 Å². The van der Waals surface area contributed by atoms with Crippen LogP contribution in [0.25, 0.3) is 10.6 Å². The number of aromatic carboxylic acids is 1. The molecule has 0 aliphatic rings. The molecule has 1 N–H and O–H groups in total. The van der Waals surface area contributed by atoms with Crippen molar-refractivity contribution in [3.63, 3.8) is 0 Å². The van der Waals surface area contributed by atoms with E-state index in [0.29, 0.717) is 5.69 Å². The van der Waals surface area contributed by atoms with Gasteiger partial charge in [-0.15, -0.1) is 21.5 Å². The quantitative estimate of drug-likeness (QED) is 0.943. The molecule has 0 saturated carbocycles. The van der Waals surface area contributed by atoms with Gasteiger partial charge in [-0.05, 0) is 34.1 Å². The molecule has 0 fully saturated rings. The molecule has 2 heterocycles. The Morgan fingerprint density at radius 2 is 2.24 bits per heavy atom. The fraction of sp³-hybridized carbons (Fsp3) is 0.100. The van der Waals surface area contributed by atoms with Crippen LogP contribution in [-0.2, 0) is 0 Å². The summed E-state index contributed by atoms with van der Waals surface area (Å²) < 4.78 is 5.79. The van der Waals surface area contributed by atoms with Gasteiger partial charge in [0.25, 0.3) is 0 Å². The highest BCUT2D eigenvalue weighted by Gasteiger charge is 2.15. The Balaban J connectivity index is 2.50. The first kappa shape index (κ1) is 12.0. The van der Waals surface area contributed by atoms with Crippen molar-refractivity contribution in [1.29, 1.82) is 0 Å². The summed E-state index contributed by atoms with van der Waals surface area (Å²) >= 11 is 4.79. The molecular weight excluding hydrogens is 308 g/mol. The minimum absolute atomic E-state index is 0.00187. The van der Waals surface area contributed by atoms with Crippen LogP contribution in [0.4, 0.5) is 0 Å². The number of nitrogens with zero attached hydrogens (tertiary/aromatic N) is 2. The maximum absolute atomic E-state index is 11.0. The summed E-state index contributed by atoms with van der Waals surface area (Å²) in [4.78, 5) is 11.9. The normalized spacial score (nSPS) is 10.2. The van der Waals surface area contributed by atoms with E-state index < -0.39 is 5.97 Å². The number of rotatable bonds is 3. The SMILES string of the molecule is COc1nnc(-c2ccc(Br)s2)cc1C(=O)O. The predicted molar refractivity (Wildman–Crippen MR) is 66.6 cm³/mol. The van der Waals surface area contributed by atoms with Gasteiger partial charge in [0.05, 0.1) is 15.8 Å². The fourth-order valence-electron chi connectivity index (χ4n) is 1.26. The van der Waals surface area contributed by atoms with E-state index in [4.69, 9.17) is 9.84 Å². The third-order valence-electron chi connectivity index (χ3n) is 2.01. The molecule has 5 nitrogen and oxygen atoms in total. The van der Waals surface area contributed by atoms with Crippen LogP contribution in [0.1, 0.15) is 10.4 Å². The molecule has 0 aliphatic carbocycles. The van der Waals surface area contributed by atoms with Gasteiger partial charge in [0, 0.05) is 0 Å². The Bertz CT molecular complexity index is 570. The van der Waals surface area contributed by atoms with E-state index in [1.807, 2.05) is 12.1 Å². The second-order valence-electron chi connectivity index (χ2n) is 3.06. The highest BCUT2D eigenvalue weighted by molar-refractivity contribution is 9.11. The second-order valence-corrected chi connectivity index (χ2v) is 5.52. The molecule has 0 aliphatic heterocycles. The maximum Gasteiger partial charge on any atom is 0.341 e. The maximum atomic E-state index is 11.0. The first-order chi connectivity index (χ1) is 8.11. The summed E-state index contributed by atoms with van der Waals surface area (Å²) in [7, 11) is 1.36. The number of methoxy groups -OCH3 is 1. The van der Waals surface area contributed by atoms with Crippen LogP contribution in [0.15, 0.2) is 22.0 Å². The van der Waals surface area contributed by atoms with Gasteiger partial charge >= 0.3 is 5.97 Å². The van der Waals surface area contributed by atoms with E-state index in [1.165, 1.54) is 24.5 Å². The number of halogens is 1. The van der Waals surface area contributed by atoms with Crippen molar-refractivity contribution in [2.24, 2.45) is 0 Å². The largest absolute Gasteiger partial charge is 0.479 e. The van der Waals surface area contributed by atoms with E-state index in [-0.39, 0.29) is 11.4 Å². The number of thiophene rings is 1. The molecule has 0 aromatic carbocycles. The molecule has 0 amide bonds. The summed E-state index contributed by atoms with van der Waals surface area (Å²) in [5.41, 5.74) is 0.515. The molecule has 7 heteroatoms. The average molecular weight is 315 g/mol. The monoisotopic (exact) mass is 314 g/mol. The lowest BCUT2D eigenvalue weighted by molar-refractivity contribution is 0.0692. The Kier molecular flexibility index (Phi) is 3.39. The van der Waals surface area contributed by atoms with Crippen molar-refractivity contribution in [2.75, 3.05) is 7.11 Å². The molecule has 2 rings (SSSR count). The molecule has 2 aromatic heterocycles. The lowest BCUT2D eigenvalue weighted by Gasteiger charge is -2.03. The molecule has 0 radical (unpaired) electrons. The van der Waals surface area contributed by atoms with Crippen molar-refractivity contribution in [3.8, 4) is 16.5 Å². The highest BCUT2D eigenvalue weighted by atomic mass is 79.9. The summed E-state index contributed by atoms with van der Waals surface area (Å²) in [6.07, 6.45) is 0. The van der Waals surface area contributed by atoms with Gasteiger partial charge in [-0.25, -0.2) is 4.79 Å². The van der Waals surface area contributed by atoms with E-state index >= 15 is 0 Å². The van der Waals surface area contributed by atoms with Gasteiger partial charge < -0.3 is 9.84 Å². The van der Waals surface area contributed by atoms with Gasteiger partial charge in [-0.2, -0.15) is 0 Å². The van der Waals surface area contributed by atoms with Crippen molar-refractivity contribution in [3.05, 3.63) is 27.5 Å². The number of ether oxygens (including phenoxy) is 1. The standard InChI is InChI=1S/C10H7BrN2O3S/c1-16-9-5(10(14)15)4-6(12-13-9)7-2-3-8(11)17-7/h2-4H,1H3,(H,14,15). The minimum atomic E-state index is -1.09. The first-order valence-corrected chi connectivity index (χ1v) is 6.13. The van der Waals surface area contributed by atoms with Crippen LogP contribution in [0.2, 0.25) is 0 Å². The van der Waals surface area contributed by atoms with E-state index in [2.05, 4.69) is 26.1 Å². The summed E-state index contributed by atoms with van der Waals surface area (Å²) in [5.74, 6) is -1.08. The molecule has 0 atom stereocenters. The van der Waals surface area contributed by atoms with Gasteiger partial charge in [0.15, 0.2) is 0 Å². The van der Waals surface area contributed by atoms with Gasteiger partial charge in [0.2, 0.25) is 5.88 Å². The number of aromatic nitrogens is 2. The van der Waals surface area contributed by atoms with Crippen LogP contribution >= 0.6 is 27.3 Å². The first-order valence-electron chi connectivity index (χ1n) is 4.52. The molecule has 88 valence electrons. The lowest BCUT2D eigenvalue weighted by Crippen LogP contribution is -2.04. The fourth-order valence-corrected chi connectivity index (χ4v) is 2.60. The Morgan fingerprint density at radius 3 is 2.76 bits per heavy atom. The summed E-state index contributed by atoms with van der Waals surface area (Å²) in [6, 6.07) is 5.16. The van der Waals surface area contributed by atoms with Gasteiger partial charge in [-0.1, -0.05) is 0 Å². The van der Waals surface area contributed by atoms with E-state index in [0.717, 1.165) is 8.66 Å². The van der Waals surface area contributed by atoms with Crippen molar-refractivity contribution in [1.82, 2.24) is 10.2 Å². The number of carboxylic acid groups (broad SMARTS) is 1. The molecular formula is C10H7BrN2O3S. The summed E-state index contributed by atoms with van der Waals surface area (Å²) in [5, 5.41) is 16.7. The molecule has 2 aromatic rings. The van der Waals surface area contributed by atoms with Crippen LogP contribution in [0, 0.1) is 0 Å². The predicted octanol–water partition coefficient (Wildman–Crippen LogP) is 2.67. The number of carbonyl (C=O) groups is 1. The molecule has 17 heavy (non-hydrogen) atoms. The Labute approximate surface area is 109 Å². The molecule has 0 unspecified atom stereocenters. The molecule has 0 bridgehead atoms.